The Morgan fingerprint density at radius 1 is 1.33 bits per heavy atom. The topological polar surface area (TPSA) is 78.9 Å². The highest BCUT2D eigenvalue weighted by Crippen LogP contribution is 2.22. The molecule has 2 rings (SSSR count). The Bertz CT molecular complexity index is 479. The maximum atomic E-state index is 5.65. The predicted molar refractivity (Wildman–Crippen MR) is 55.2 cm³/mol. The van der Waals surface area contributed by atoms with Crippen molar-refractivity contribution in [2.45, 2.75) is 0 Å². The molecule has 15 heavy (non-hydrogen) atoms. The lowest BCUT2D eigenvalue weighted by atomic mass is 10.3. The van der Waals surface area contributed by atoms with Gasteiger partial charge in [0.2, 0.25) is 5.88 Å². The molecule has 0 saturated heterocycles. The molecule has 0 radical (unpaired) electrons. The first kappa shape index (κ1) is 9.45. The van der Waals surface area contributed by atoms with Crippen molar-refractivity contribution in [2.24, 2.45) is 7.05 Å². The molecule has 0 unspecified atom stereocenters. The second-order valence-electron chi connectivity index (χ2n) is 3.01. The van der Waals surface area contributed by atoms with Crippen LogP contribution in [0.25, 0.3) is 11.4 Å². The Hall–Kier alpha value is -2.11. The summed E-state index contributed by atoms with van der Waals surface area (Å²) in [5.74, 6) is 0.401. The molecular formula is C9H11N5O. The Morgan fingerprint density at radius 3 is 2.73 bits per heavy atom. The standard InChI is InChI=1S/C9H11N5O/c1-14-11-5-8(13-14)7-4-3-6(10)9(12-7)15-2/h3-5H,10H2,1-2H3. The van der Waals surface area contributed by atoms with Crippen LogP contribution in [0.1, 0.15) is 0 Å². The van der Waals surface area contributed by atoms with Crippen LogP contribution in [0.5, 0.6) is 5.88 Å². The van der Waals surface area contributed by atoms with Gasteiger partial charge in [-0.3, -0.25) is 0 Å². The summed E-state index contributed by atoms with van der Waals surface area (Å²) in [6.07, 6.45) is 1.64. The van der Waals surface area contributed by atoms with E-state index < -0.39 is 0 Å². The van der Waals surface area contributed by atoms with Crippen molar-refractivity contribution >= 4 is 5.69 Å². The lowest BCUT2D eigenvalue weighted by Gasteiger charge is -2.03. The van der Waals surface area contributed by atoms with Crippen LogP contribution in [-0.4, -0.2) is 27.1 Å². The van der Waals surface area contributed by atoms with Crippen molar-refractivity contribution in [3.8, 4) is 17.3 Å². The lowest BCUT2D eigenvalue weighted by Crippen LogP contribution is -1.97. The van der Waals surface area contributed by atoms with E-state index in [-0.39, 0.29) is 0 Å². The van der Waals surface area contributed by atoms with Gasteiger partial charge in [-0.25, -0.2) is 4.98 Å². The van der Waals surface area contributed by atoms with Crippen LogP contribution in [0.3, 0.4) is 0 Å². The van der Waals surface area contributed by atoms with Crippen LogP contribution in [0.15, 0.2) is 18.3 Å². The van der Waals surface area contributed by atoms with E-state index in [1.165, 1.54) is 11.9 Å². The summed E-state index contributed by atoms with van der Waals surface area (Å²) in [6.45, 7) is 0. The van der Waals surface area contributed by atoms with Crippen LogP contribution in [-0.2, 0) is 7.05 Å². The van der Waals surface area contributed by atoms with Gasteiger partial charge in [0.1, 0.15) is 5.69 Å². The smallest absolute Gasteiger partial charge is 0.237 e. The molecule has 0 aliphatic heterocycles. The highest BCUT2D eigenvalue weighted by molar-refractivity contribution is 5.59. The van der Waals surface area contributed by atoms with Crippen molar-refractivity contribution in [2.75, 3.05) is 12.8 Å². The van der Waals surface area contributed by atoms with Crippen molar-refractivity contribution in [1.82, 2.24) is 20.0 Å². The SMILES string of the molecule is COc1nc(-c2cnn(C)n2)ccc1N. The summed E-state index contributed by atoms with van der Waals surface area (Å²) < 4.78 is 5.02. The minimum atomic E-state index is 0.401. The molecule has 0 aliphatic carbocycles. The Balaban J connectivity index is 2.45. The number of anilines is 1. The molecule has 6 nitrogen and oxygen atoms in total. The van der Waals surface area contributed by atoms with Crippen molar-refractivity contribution in [3.05, 3.63) is 18.3 Å². The molecule has 78 valence electrons. The van der Waals surface area contributed by atoms with E-state index in [0.717, 1.165) is 0 Å². The summed E-state index contributed by atoms with van der Waals surface area (Å²) >= 11 is 0. The molecule has 0 amide bonds. The fourth-order valence-corrected chi connectivity index (χ4v) is 1.22. The largest absolute Gasteiger partial charge is 0.480 e. The third-order valence-corrected chi connectivity index (χ3v) is 1.95. The molecule has 0 fully saturated rings. The van der Waals surface area contributed by atoms with E-state index in [1.807, 2.05) is 0 Å². The maximum Gasteiger partial charge on any atom is 0.237 e. The maximum absolute atomic E-state index is 5.65. The molecule has 0 aromatic carbocycles. The molecule has 0 atom stereocenters. The summed E-state index contributed by atoms with van der Waals surface area (Å²) in [6, 6.07) is 3.51. The zero-order valence-corrected chi connectivity index (χ0v) is 8.51. The lowest BCUT2D eigenvalue weighted by molar-refractivity contribution is 0.401. The third-order valence-electron chi connectivity index (χ3n) is 1.95. The van der Waals surface area contributed by atoms with E-state index in [0.29, 0.717) is 23.0 Å². The first-order chi connectivity index (χ1) is 7.20. The third kappa shape index (κ3) is 1.74. The van der Waals surface area contributed by atoms with Gasteiger partial charge in [0.05, 0.1) is 24.7 Å². The van der Waals surface area contributed by atoms with Gasteiger partial charge in [0.25, 0.3) is 0 Å². The fourth-order valence-electron chi connectivity index (χ4n) is 1.22. The highest BCUT2D eigenvalue weighted by atomic mass is 16.5. The van der Waals surface area contributed by atoms with Crippen LogP contribution < -0.4 is 10.5 Å². The molecule has 2 aromatic rings. The number of aromatic nitrogens is 4. The Kier molecular flexibility index (Phi) is 2.24. The molecular weight excluding hydrogens is 194 g/mol. The number of hydrogen-bond acceptors (Lipinski definition) is 5. The predicted octanol–water partition coefficient (Wildman–Crippen LogP) is 0.468. The van der Waals surface area contributed by atoms with E-state index in [9.17, 15) is 0 Å². The van der Waals surface area contributed by atoms with Gasteiger partial charge in [-0.1, -0.05) is 0 Å². The van der Waals surface area contributed by atoms with E-state index >= 15 is 0 Å². The normalized spacial score (nSPS) is 10.3. The number of pyridine rings is 1. The molecule has 0 aliphatic rings. The van der Waals surface area contributed by atoms with Gasteiger partial charge >= 0.3 is 0 Å². The molecule has 0 bridgehead atoms. The number of hydrogen-bond donors (Lipinski definition) is 1. The molecule has 2 N–H and O–H groups in total. The van der Waals surface area contributed by atoms with Gasteiger partial charge in [-0.05, 0) is 12.1 Å². The van der Waals surface area contributed by atoms with Crippen molar-refractivity contribution in [3.63, 3.8) is 0 Å². The zero-order chi connectivity index (χ0) is 10.8. The van der Waals surface area contributed by atoms with Crippen molar-refractivity contribution in [1.29, 1.82) is 0 Å². The van der Waals surface area contributed by atoms with Crippen LogP contribution in [0, 0.1) is 0 Å². The van der Waals surface area contributed by atoms with Crippen LogP contribution >= 0.6 is 0 Å². The number of methoxy groups -OCH3 is 1. The van der Waals surface area contributed by atoms with Crippen LogP contribution in [0.2, 0.25) is 0 Å². The quantitative estimate of drug-likeness (QED) is 0.770. The second-order valence-corrected chi connectivity index (χ2v) is 3.01. The first-order valence-corrected chi connectivity index (χ1v) is 4.38. The number of aryl methyl sites for hydroxylation is 1. The van der Waals surface area contributed by atoms with E-state index in [2.05, 4.69) is 15.2 Å². The average molecular weight is 205 g/mol. The molecule has 0 spiro atoms. The average Bonchev–Trinajstić information content (AvgIpc) is 2.66. The van der Waals surface area contributed by atoms with Gasteiger partial charge in [0.15, 0.2) is 0 Å². The number of nitrogens with zero attached hydrogens (tertiary/aromatic N) is 4. The zero-order valence-electron chi connectivity index (χ0n) is 8.51. The minimum Gasteiger partial charge on any atom is -0.480 e. The summed E-state index contributed by atoms with van der Waals surface area (Å²) in [7, 11) is 3.27. The van der Waals surface area contributed by atoms with Gasteiger partial charge in [0, 0.05) is 7.05 Å². The van der Waals surface area contributed by atoms with E-state index in [1.54, 1.807) is 25.4 Å². The molecule has 0 saturated carbocycles. The summed E-state index contributed by atoms with van der Waals surface area (Å²) in [5, 5.41) is 8.10. The summed E-state index contributed by atoms with van der Waals surface area (Å²) in [5.41, 5.74) is 7.54. The summed E-state index contributed by atoms with van der Waals surface area (Å²) in [4.78, 5) is 5.68. The Morgan fingerprint density at radius 2 is 2.13 bits per heavy atom. The number of nitrogen functional groups attached to an aromatic ring is 1. The van der Waals surface area contributed by atoms with Gasteiger partial charge in [-0.2, -0.15) is 15.0 Å². The second kappa shape index (κ2) is 3.56. The first-order valence-electron chi connectivity index (χ1n) is 4.38. The van der Waals surface area contributed by atoms with Gasteiger partial charge in [-0.15, -0.1) is 0 Å². The number of rotatable bonds is 2. The van der Waals surface area contributed by atoms with E-state index in [4.69, 9.17) is 10.5 Å². The molecule has 6 heteroatoms. The van der Waals surface area contributed by atoms with Crippen molar-refractivity contribution < 1.29 is 4.74 Å². The molecule has 2 aromatic heterocycles. The minimum absolute atomic E-state index is 0.401. The monoisotopic (exact) mass is 205 g/mol. The van der Waals surface area contributed by atoms with Crippen LogP contribution in [0.4, 0.5) is 5.69 Å². The van der Waals surface area contributed by atoms with Gasteiger partial charge < -0.3 is 10.5 Å². The Labute approximate surface area is 86.7 Å². The highest BCUT2D eigenvalue weighted by Gasteiger charge is 2.07. The fraction of sp³-hybridized carbons (Fsp3) is 0.222. The number of nitrogens with two attached hydrogens (primary N) is 1. The number of ether oxygens (including phenoxy) is 1. The molecule has 2 heterocycles.